The van der Waals surface area contributed by atoms with E-state index < -0.39 is 0 Å². The highest BCUT2D eigenvalue weighted by Gasteiger charge is 2.28. The molecule has 0 rings (SSSR count). The smallest absolute Gasteiger partial charge is 0.0731 e. The lowest BCUT2D eigenvalue weighted by Gasteiger charge is -2.34. The number of rotatable bonds is 34. The molecule has 9 nitrogen and oxygen atoms in total. The quantitative estimate of drug-likeness (QED) is 0.0441. The molecule has 8 atom stereocenters. The van der Waals surface area contributed by atoms with E-state index in [1.54, 1.807) is 0 Å². The summed E-state index contributed by atoms with van der Waals surface area (Å²) in [6.45, 7) is 5.82. The normalized spacial score (nSPS) is 17.5. The molecule has 8 unspecified atom stereocenters. The van der Waals surface area contributed by atoms with E-state index in [-0.39, 0.29) is 36.4 Å². The second-order valence-electron chi connectivity index (χ2n) is 14.1. The fourth-order valence-electron chi connectivity index (χ4n) is 6.30. The van der Waals surface area contributed by atoms with Crippen molar-refractivity contribution < 1.29 is 4.74 Å². The number of hydrogen-bond acceptors (Lipinski definition) is 9. The van der Waals surface area contributed by atoms with Crippen molar-refractivity contribution in [2.45, 2.75) is 216 Å². The number of unbranched alkanes of at least 4 members (excludes halogenated alkanes) is 10. The summed E-state index contributed by atoms with van der Waals surface area (Å²) in [7, 11) is 0. The van der Waals surface area contributed by atoms with Gasteiger partial charge in [-0.05, 0) is 90.1 Å². The minimum atomic E-state index is -0.113. The predicted molar refractivity (Wildman–Crippen MR) is 197 cm³/mol. The van der Waals surface area contributed by atoms with Crippen molar-refractivity contribution >= 4 is 0 Å². The predicted octanol–water partition coefficient (Wildman–Crippen LogP) is 5.02. The first-order chi connectivity index (χ1) is 21.7. The van der Waals surface area contributed by atoms with Crippen LogP contribution >= 0.6 is 0 Å². The molecule has 0 spiro atoms. The van der Waals surface area contributed by atoms with Gasteiger partial charge in [-0.25, -0.2) is 0 Å². The van der Waals surface area contributed by atoms with Crippen molar-refractivity contribution in [2.75, 3.05) is 13.1 Å². The number of nitrogens with two attached hydrogens (primary N) is 8. The van der Waals surface area contributed by atoms with E-state index in [0.29, 0.717) is 12.1 Å². The van der Waals surface area contributed by atoms with E-state index in [1.807, 2.05) is 0 Å². The maximum atomic E-state index is 6.94. The van der Waals surface area contributed by atoms with E-state index in [0.717, 1.165) is 129 Å². The molecule has 0 saturated carbocycles. The largest absolute Gasteiger partial charge is 0.372 e. The summed E-state index contributed by atoms with van der Waals surface area (Å²) in [4.78, 5) is 0. The minimum absolute atomic E-state index is 0.0564. The van der Waals surface area contributed by atoms with Crippen LogP contribution in [0.2, 0.25) is 0 Å². The highest BCUT2D eigenvalue weighted by molar-refractivity contribution is 4.85. The lowest BCUT2D eigenvalue weighted by molar-refractivity contribution is -0.0502. The van der Waals surface area contributed by atoms with Gasteiger partial charge in [0.15, 0.2) is 0 Å². The van der Waals surface area contributed by atoms with Gasteiger partial charge in [0.2, 0.25) is 0 Å². The standard InChI is InChI=1S/C36H82N8O/c1-3-29(39)19-13-15-21-31(41)27-33(43)35(23-11-7-5-9-17-25-37)45-36(24-12-8-6-10-18-26-38)34(44)28-32(42)22-16-14-20-30(40)4-2/h29-36H,3-28,37-44H2,1-2H3. The Bertz CT molecular complexity index is 566. The lowest BCUT2D eigenvalue weighted by Crippen LogP contribution is -2.48. The Labute approximate surface area is 279 Å². The van der Waals surface area contributed by atoms with Crippen LogP contribution in [-0.4, -0.2) is 61.5 Å². The molecule has 0 amide bonds. The monoisotopic (exact) mass is 643 g/mol. The van der Waals surface area contributed by atoms with Gasteiger partial charge in [-0.3, -0.25) is 0 Å². The Balaban J connectivity index is 5.32. The Morgan fingerprint density at radius 1 is 0.378 bits per heavy atom. The number of ether oxygens (including phenoxy) is 1. The summed E-state index contributed by atoms with van der Waals surface area (Å²) in [6, 6.07) is 0.492. The molecule has 0 radical (unpaired) electrons. The van der Waals surface area contributed by atoms with Gasteiger partial charge >= 0.3 is 0 Å². The molecule has 0 aliphatic heterocycles. The van der Waals surface area contributed by atoms with Crippen molar-refractivity contribution in [3.05, 3.63) is 0 Å². The van der Waals surface area contributed by atoms with Crippen molar-refractivity contribution in [2.24, 2.45) is 45.9 Å². The van der Waals surface area contributed by atoms with Gasteiger partial charge in [-0.1, -0.05) is 90.9 Å². The van der Waals surface area contributed by atoms with Gasteiger partial charge in [-0.15, -0.1) is 0 Å². The SMILES string of the molecule is CCC(N)CCCCC(N)CC(N)C(CCCCCCCN)OC(CCCCCCCN)C(N)CC(N)CCCCC(N)CC. The Morgan fingerprint density at radius 3 is 1.00 bits per heavy atom. The van der Waals surface area contributed by atoms with Crippen molar-refractivity contribution in [3.63, 3.8) is 0 Å². The zero-order valence-electron chi connectivity index (χ0n) is 30.0. The van der Waals surface area contributed by atoms with E-state index in [4.69, 9.17) is 50.6 Å². The molecule has 45 heavy (non-hydrogen) atoms. The average Bonchev–Trinajstić information content (AvgIpc) is 3.02. The zero-order valence-corrected chi connectivity index (χ0v) is 30.0. The maximum absolute atomic E-state index is 6.94. The summed E-state index contributed by atoms with van der Waals surface area (Å²) in [5.41, 5.74) is 50.6. The minimum Gasteiger partial charge on any atom is -0.372 e. The van der Waals surface area contributed by atoms with Gasteiger partial charge < -0.3 is 50.6 Å². The van der Waals surface area contributed by atoms with Gasteiger partial charge in [0.1, 0.15) is 0 Å². The fraction of sp³-hybridized carbons (Fsp3) is 1.00. The first-order valence-corrected chi connectivity index (χ1v) is 19.3. The van der Waals surface area contributed by atoms with Crippen LogP contribution < -0.4 is 45.9 Å². The summed E-state index contributed by atoms with van der Waals surface area (Å²) in [5, 5.41) is 0. The summed E-state index contributed by atoms with van der Waals surface area (Å²) < 4.78 is 6.94. The molecule has 272 valence electrons. The molecule has 0 aliphatic carbocycles. The van der Waals surface area contributed by atoms with Crippen LogP contribution in [0, 0.1) is 0 Å². The maximum Gasteiger partial charge on any atom is 0.0731 e. The Morgan fingerprint density at radius 2 is 0.667 bits per heavy atom. The van der Waals surface area contributed by atoms with Crippen LogP contribution in [0.1, 0.15) is 168 Å². The van der Waals surface area contributed by atoms with Crippen LogP contribution in [0.3, 0.4) is 0 Å². The third-order valence-electron chi connectivity index (χ3n) is 9.69. The molecular weight excluding hydrogens is 560 g/mol. The second-order valence-corrected chi connectivity index (χ2v) is 14.1. The van der Waals surface area contributed by atoms with E-state index in [2.05, 4.69) is 13.8 Å². The van der Waals surface area contributed by atoms with Crippen LogP contribution in [0.25, 0.3) is 0 Å². The molecule has 0 aromatic rings. The lowest BCUT2D eigenvalue weighted by atomic mass is 9.93. The first kappa shape index (κ1) is 44.6. The molecule has 9 heteroatoms. The third-order valence-corrected chi connectivity index (χ3v) is 9.69. The van der Waals surface area contributed by atoms with E-state index in [9.17, 15) is 0 Å². The highest BCUT2D eigenvalue weighted by Crippen LogP contribution is 2.23. The highest BCUT2D eigenvalue weighted by atomic mass is 16.5. The molecule has 0 fully saturated rings. The first-order valence-electron chi connectivity index (χ1n) is 19.3. The molecular formula is C36H82N8O. The molecule has 0 saturated heterocycles. The van der Waals surface area contributed by atoms with Crippen molar-refractivity contribution in [1.82, 2.24) is 0 Å². The topological polar surface area (TPSA) is 217 Å². The summed E-state index contributed by atoms with van der Waals surface area (Å²) in [6.07, 6.45) is 25.3. The average molecular weight is 643 g/mol. The van der Waals surface area contributed by atoms with E-state index >= 15 is 0 Å². The Hall–Kier alpha value is -0.360. The van der Waals surface area contributed by atoms with Gasteiger partial charge in [0.05, 0.1) is 12.2 Å². The second kappa shape index (κ2) is 30.9. The van der Waals surface area contributed by atoms with Gasteiger partial charge in [-0.2, -0.15) is 0 Å². The zero-order chi connectivity index (χ0) is 33.7. The summed E-state index contributed by atoms with van der Waals surface area (Å²) in [5.74, 6) is 0. The van der Waals surface area contributed by atoms with Crippen LogP contribution in [0.5, 0.6) is 0 Å². The molecule has 0 aromatic carbocycles. The molecule has 0 aromatic heterocycles. The molecule has 0 heterocycles. The van der Waals surface area contributed by atoms with Crippen molar-refractivity contribution in [3.8, 4) is 0 Å². The van der Waals surface area contributed by atoms with Crippen molar-refractivity contribution in [1.29, 1.82) is 0 Å². The van der Waals surface area contributed by atoms with Crippen LogP contribution in [0.15, 0.2) is 0 Å². The third kappa shape index (κ3) is 26.3. The van der Waals surface area contributed by atoms with Crippen LogP contribution in [0.4, 0.5) is 0 Å². The molecule has 16 N–H and O–H groups in total. The molecule has 0 aliphatic rings. The van der Waals surface area contributed by atoms with Gasteiger partial charge in [0.25, 0.3) is 0 Å². The molecule has 0 bridgehead atoms. The number of hydrogen-bond donors (Lipinski definition) is 8. The van der Waals surface area contributed by atoms with Gasteiger partial charge in [0, 0.05) is 36.3 Å². The van der Waals surface area contributed by atoms with E-state index in [1.165, 1.54) is 38.5 Å². The van der Waals surface area contributed by atoms with Crippen LogP contribution in [-0.2, 0) is 4.74 Å². The Kier molecular flexibility index (Phi) is 30.7. The summed E-state index contributed by atoms with van der Waals surface area (Å²) >= 11 is 0. The fourth-order valence-corrected chi connectivity index (χ4v) is 6.30.